The molecule has 0 bridgehead atoms. The minimum atomic E-state index is -4.83. The van der Waals surface area contributed by atoms with Gasteiger partial charge in [0, 0.05) is 29.2 Å². The normalized spacial score (nSPS) is 10.6. The Morgan fingerprint density at radius 2 is 1.87 bits per heavy atom. The SMILES string of the molecule is Cc1cc([N+](=O)[O-])ccc1P(=O)([O-])[O-].[Cu]. The maximum atomic E-state index is 10.6. The van der Waals surface area contributed by atoms with Gasteiger partial charge in [0.05, 0.1) is 4.92 Å². The summed E-state index contributed by atoms with van der Waals surface area (Å²) < 4.78 is 10.6. The zero-order valence-corrected chi connectivity index (χ0v) is 9.31. The third-order valence-corrected chi connectivity index (χ3v) is 2.78. The van der Waals surface area contributed by atoms with Crippen molar-refractivity contribution < 1.29 is 36.3 Å². The first kappa shape index (κ1) is 14.3. The van der Waals surface area contributed by atoms with Crippen molar-refractivity contribution in [2.75, 3.05) is 0 Å². The molecule has 0 aromatic heterocycles. The van der Waals surface area contributed by atoms with Crippen LogP contribution in [0.15, 0.2) is 18.2 Å². The number of non-ortho nitro benzene ring substituents is 1. The predicted molar refractivity (Wildman–Crippen MR) is 45.1 cm³/mol. The van der Waals surface area contributed by atoms with Crippen molar-refractivity contribution in [1.29, 1.82) is 0 Å². The molecule has 1 radical (unpaired) electrons. The molecule has 0 amide bonds. The maximum absolute atomic E-state index is 10.6. The van der Waals surface area contributed by atoms with E-state index in [2.05, 4.69) is 0 Å². The molecule has 8 heteroatoms. The fourth-order valence-electron chi connectivity index (χ4n) is 1.06. The Hall–Kier alpha value is -0.711. The largest absolute Gasteiger partial charge is 0.807 e. The summed E-state index contributed by atoms with van der Waals surface area (Å²) in [6, 6.07) is 3.00. The molecule has 0 atom stereocenters. The van der Waals surface area contributed by atoms with Crippen LogP contribution in [0.2, 0.25) is 0 Å². The summed E-state index contributed by atoms with van der Waals surface area (Å²) in [4.78, 5) is 30.9. The van der Waals surface area contributed by atoms with E-state index in [1.807, 2.05) is 0 Å². The Balaban J connectivity index is 0.00000196. The zero-order chi connectivity index (χ0) is 10.9. The molecule has 0 N–H and O–H groups in total. The van der Waals surface area contributed by atoms with Gasteiger partial charge in [0.2, 0.25) is 0 Å². The molecule has 1 aromatic carbocycles. The van der Waals surface area contributed by atoms with Gasteiger partial charge in [0.15, 0.2) is 0 Å². The van der Waals surface area contributed by atoms with Crippen LogP contribution < -0.4 is 15.1 Å². The smallest absolute Gasteiger partial charge is 0.269 e. The van der Waals surface area contributed by atoms with E-state index in [4.69, 9.17) is 0 Å². The van der Waals surface area contributed by atoms with Crippen molar-refractivity contribution in [2.24, 2.45) is 0 Å². The Kier molecular flexibility index (Phi) is 4.64. The van der Waals surface area contributed by atoms with Crippen LogP contribution in [0.1, 0.15) is 5.56 Å². The molecule has 1 rings (SSSR count). The first-order chi connectivity index (χ1) is 6.32. The van der Waals surface area contributed by atoms with E-state index < -0.39 is 17.8 Å². The van der Waals surface area contributed by atoms with Gasteiger partial charge in [-0.1, -0.05) is 0 Å². The summed E-state index contributed by atoms with van der Waals surface area (Å²) in [6.45, 7) is 1.34. The summed E-state index contributed by atoms with van der Waals surface area (Å²) in [7, 11) is -4.83. The van der Waals surface area contributed by atoms with Crippen LogP contribution in [0.5, 0.6) is 0 Å². The summed E-state index contributed by atoms with van der Waals surface area (Å²) >= 11 is 0. The molecule has 0 aliphatic carbocycles. The fraction of sp³-hybridized carbons (Fsp3) is 0.143. The number of rotatable bonds is 2. The molecular formula is C7H6CuNO5P-2. The molecule has 0 aliphatic rings. The average molecular weight is 279 g/mol. The van der Waals surface area contributed by atoms with E-state index in [0.29, 0.717) is 0 Å². The van der Waals surface area contributed by atoms with Crippen LogP contribution in [-0.2, 0) is 21.6 Å². The quantitative estimate of drug-likeness (QED) is 0.312. The Bertz CT molecular complexity index is 429. The van der Waals surface area contributed by atoms with Gasteiger partial charge in [-0.05, 0) is 31.5 Å². The number of nitro groups is 1. The third-order valence-electron chi connectivity index (χ3n) is 1.69. The van der Waals surface area contributed by atoms with E-state index >= 15 is 0 Å². The molecule has 0 saturated carbocycles. The van der Waals surface area contributed by atoms with E-state index in [1.54, 1.807) is 0 Å². The van der Waals surface area contributed by atoms with Crippen LogP contribution in [0, 0.1) is 17.0 Å². The Morgan fingerprint density at radius 1 is 1.33 bits per heavy atom. The maximum Gasteiger partial charge on any atom is 0.269 e. The van der Waals surface area contributed by atoms with Crippen molar-refractivity contribution >= 4 is 18.6 Å². The summed E-state index contributed by atoms with van der Waals surface area (Å²) in [6.07, 6.45) is 0. The predicted octanol–water partition coefficient (Wildman–Crippen LogP) is -0.560. The summed E-state index contributed by atoms with van der Waals surface area (Å²) in [5.74, 6) is 0. The number of benzene rings is 1. The van der Waals surface area contributed by atoms with Crippen LogP contribution in [0.3, 0.4) is 0 Å². The summed E-state index contributed by atoms with van der Waals surface area (Å²) in [5, 5.41) is 9.89. The van der Waals surface area contributed by atoms with Gasteiger partial charge >= 0.3 is 0 Å². The second kappa shape index (κ2) is 4.88. The Labute approximate surface area is 96.1 Å². The standard InChI is InChI=1S/C7H8NO5P.Cu/c1-5-4-6(8(9)10)2-3-7(5)14(11,12)13;/h2-4H,1H3,(H2,11,12,13);/p-2. The molecule has 0 spiro atoms. The first-order valence-corrected chi connectivity index (χ1v) is 5.14. The van der Waals surface area contributed by atoms with Crippen molar-refractivity contribution in [3.05, 3.63) is 33.9 Å². The van der Waals surface area contributed by atoms with Crippen LogP contribution >= 0.6 is 7.60 Å². The number of aryl methyl sites for hydroxylation is 1. The second-order valence-electron chi connectivity index (χ2n) is 2.73. The molecule has 0 fully saturated rings. The van der Waals surface area contributed by atoms with E-state index in [-0.39, 0.29) is 28.3 Å². The number of nitrogens with zero attached hydrogens (tertiary/aromatic N) is 1. The van der Waals surface area contributed by atoms with Crippen molar-refractivity contribution in [1.82, 2.24) is 0 Å². The number of hydrogen-bond acceptors (Lipinski definition) is 5. The zero-order valence-electron chi connectivity index (χ0n) is 7.47. The first-order valence-electron chi connectivity index (χ1n) is 3.60. The van der Waals surface area contributed by atoms with Crippen LogP contribution in [-0.4, -0.2) is 4.92 Å². The van der Waals surface area contributed by atoms with Crippen molar-refractivity contribution in [2.45, 2.75) is 6.92 Å². The van der Waals surface area contributed by atoms with E-state index in [1.165, 1.54) is 6.92 Å². The molecule has 0 unspecified atom stereocenters. The van der Waals surface area contributed by atoms with Gasteiger partial charge in [0.25, 0.3) is 5.69 Å². The third kappa shape index (κ3) is 3.41. The van der Waals surface area contributed by atoms with Crippen molar-refractivity contribution in [3.8, 4) is 0 Å². The molecule has 6 nitrogen and oxygen atoms in total. The topological polar surface area (TPSA) is 106 Å². The van der Waals surface area contributed by atoms with E-state index in [0.717, 1.165) is 18.2 Å². The molecular weight excluding hydrogens is 273 g/mol. The van der Waals surface area contributed by atoms with Crippen molar-refractivity contribution in [3.63, 3.8) is 0 Å². The van der Waals surface area contributed by atoms with Gasteiger partial charge in [-0.3, -0.25) is 10.1 Å². The van der Waals surface area contributed by atoms with E-state index in [9.17, 15) is 24.5 Å². The second-order valence-corrected chi connectivity index (χ2v) is 4.20. The van der Waals surface area contributed by atoms with Gasteiger partial charge < -0.3 is 14.4 Å². The van der Waals surface area contributed by atoms with Gasteiger partial charge in [-0.25, -0.2) is 0 Å². The van der Waals surface area contributed by atoms with Gasteiger partial charge in [0.1, 0.15) is 0 Å². The van der Waals surface area contributed by atoms with Gasteiger partial charge in [-0.2, -0.15) is 0 Å². The molecule has 0 heterocycles. The molecule has 15 heavy (non-hydrogen) atoms. The fourth-order valence-corrected chi connectivity index (χ4v) is 1.81. The van der Waals surface area contributed by atoms with Gasteiger partial charge in [-0.15, -0.1) is 0 Å². The molecule has 0 saturated heterocycles. The number of hydrogen-bond donors (Lipinski definition) is 0. The molecule has 0 aliphatic heterocycles. The minimum absolute atomic E-state index is 0. The monoisotopic (exact) mass is 278 g/mol. The van der Waals surface area contributed by atoms with Crippen LogP contribution in [0.25, 0.3) is 0 Å². The average Bonchev–Trinajstić information content (AvgIpc) is 2.01. The number of nitro benzene ring substituents is 1. The minimum Gasteiger partial charge on any atom is -0.807 e. The van der Waals surface area contributed by atoms with Crippen LogP contribution in [0.4, 0.5) is 5.69 Å². The Morgan fingerprint density at radius 3 is 2.20 bits per heavy atom. The summed E-state index contributed by atoms with van der Waals surface area (Å²) in [5.41, 5.74) is -0.146. The molecule has 1 aromatic rings. The molecule has 87 valence electrons.